The van der Waals surface area contributed by atoms with Crippen molar-refractivity contribution in [1.82, 2.24) is 15.0 Å². The molecule has 2 aromatic heterocycles. The van der Waals surface area contributed by atoms with E-state index < -0.39 is 0 Å². The number of hydrogen-bond donors (Lipinski definition) is 1. The summed E-state index contributed by atoms with van der Waals surface area (Å²) in [5, 5.41) is 4.11. The molecule has 0 unspecified atom stereocenters. The molecule has 0 fully saturated rings. The maximum Gasteiger partial charge on any atom is 0.227 e. The quantitative estimate of drug-likeness (QED) is 0.513. The van der Waals surface area contributed by atoms with Crippen LogP contribution in [-0.2, 0) is 0 Å². The Balaban J connectivity index is 1.53. The van der Waals surface area contributed by atoms with Crippen LogP contribution in [-0.4, -0.2) is 15.0 Å². The van der Waals surface area contributed by atoms with Crippen LogP contribution in [0.3, 0.4) is 0 Å². The van der Waals surface area contributed by atoms with Crippen molar-refractivity contribution in [3.8, 4) is 22.2 Å². The Kier molecular flexibility index (Phi) is 4.57. The van der Waals surface area contributed by atoms with Gasteiger partial charge in [-0.05, 0) is 37.3 Å². The van der Waals surface area contributed by atoms with Gasteiger partial charge in [-0.25, -0.2) is 15.0 Å². The molecular formula is C20H16N4OS. The molecule has 0 spiro atoms. The average Bonchev–Trinajstić information content (AvgIpc) is 3.10. The van der Waals surface area contributed by atoms with Gasteiger partial charge < -0.3 is 10.1 Å². The zero-order chi connectivity index (χ0) is 17.8. The molecule has 5 nitrogen and oxygen atoms in total. The van der Waals surface area contributed by atoms with Gasteiger partial charge in [0.25, 0.3) is 0 Å². The van der Waals surface area contributed by atoms with Gasteiger partial charge in [0.2, 0.25) is 5.95 Å². The minimum atomic E-state index is 0.521. The SMILES string of the molecule is Cc1cnc(-c2ccnc(Nc3cccc(Oc4ccccc4)c3)n2)s1. The zero-order valence-electron chi connectivity index (χ0n) is 14.1. The van der Waals surface area contributed by atoms with Gasteiger partial charge in [-0.2, -0.15) is 0 Å². The maximum atomic E-state index is 5.86. The highest BCUT2D eigenvalue weighted by molar-refractivity contribution is 7.14. The second kappa shape index (κ2) is 7.33. The molecule has 1 N–H and O–H groups in total. The van der Waals surface area contributed by atoms with Crippen LogP contribution in [0.1, 0.15) is 4.88 Å². The summed E-state index contributed by atoms with van der Waals surface area (Å²) < 4.78 is 5.86. The number of rotatable bonds is 5. The number of ether oxygens (including phenoxy) is 1. The van der Waals surface area contributed by atoms with E-state index in [1.807, 2.05) is 73.8 Å². The van der Waals surface area contributed by atoms with Crippen molar-refractivity contribution in [1.29, 1.82) is 0 Å². The number of nitrogens with one attached hydrogen (secondary N) is 1. The lowest BCUT2D eigenvalue weighted by Gasteiger charge is -2.09. The van der Waals surface area contributed by atoms with Crippen LogP contribution in [0.4, 0.5) is 11.6 Å². The minimum absolute atomic E-state index is 0.521. The summed E-state index contributed by atoms with van der Waals surface area (Å²) >= 11 is 1.61. The zero-order valence-corrected chi connectivity index (χ0v) is 14.9. The first-order chi connectivity index (χ1) is 12.8. The number of aromatic nitrogens is 3. The van der Waals surface area contributed by atoms with Crippen molar-refractivity contribution in [3.63, 3.8) is 0 Å². The number of benzene rings is 2. The number of aryl methyl sites for hydroxylation is 1. The smallest absolute Gasteiger partial charge is 0.227 e. The molecule has 0 atom stereocenters. The molecule has 2 heterocycles. The van der Waals surface area contributed by atoms with Crippen molar-refractivity contribution in [2.45, 2.75) is 6.92 Å². The Morgan fingerprint density at radius 1 is 0.923 bits per heavy atom. The lowest BCUT2D eigenvalue weighted by atomic mass is 10.3. The standard InChI is InChI=1S/C20H16N4OS/c1-14-13-22-19(26-14)18-10-11-21-20(24-18)23-15-6-5-9-17(12-15)25-16-7-3-2-4-8-16/h2-13H,1H3,(H,21,23,24). The van der Waals surface area contributed by atoms with Gasteiger partial charge >= 0.3 is 0 Å². The first-order valence-corrected chi connectivity index (χ1v) is 8.94. The molecule has 2 aromatic carbocycles. The van der Waals surface area contributed by atoms with Crippen molar-refractivity contribution in [3.05, 3.63) is 77.9 Å². The van der Waals surface area contributed by atoms with E-state index in [-0.39, 0.29) is 0 Å². The normalized spacial score (nSPS) is 10.5. The topological polar surface area (TPSA) is 59.9 Å². The summed E-state index contributed by atoms with van der Waals surface area (Å²) in [7, 11) is 0. The minimum Gasteiger partial charge on any atom is -0.457 e. The van der Waals surface area contributed by atoms with Crippen LogP contribution in [0.25, 0.3) is 10.7 Å². The van der Waals surface area contributed by atoms with E-state index in [0.717, 1.165) is 32.8 Å². The lowest BCUT2D eigenvalue weighted by Crippen LogP contribution is -1.98. The molecule has 0 radical (unpaired) electrons. The molecule has 0 aliphatic rings. The monoisotopic (exact) mass is 360 g/mol. The third-order valence-corrected chi connectivity index (χ3v) is 4.50. The van der Waals surface area contributed by atoms with E-state index in [2.05, 4.69) is 20.3 Å². The van der Waals surface area contributed by atoms with Crippen LogP contribution < -0.4 is 10.1 Å². The molecule has 0 amide bonds. The third-order valence-electron chi connectivity index (χ3n) is 3.57. The van der Waals surface area contributed by atoms with Gasteiger partial charge in [-0.3, -0.25) is 0 Å². The van der Waals surface area contributed by atoms with E-state index in [1.165, 1.54) is 0 Å². The number of nitrogens with zero attached hydrogens (tertiary/aromatic N) is 3. The molecule has 6 heteroatoms. The Morgan fingerprint density at radius 2 is 1.77 bits per heavy atom. The molecule has 4 aromatic rings. The Labute approximate surface area is 155 Å². The first-order valence-electron chi connectivity index (χ1n) is 8.12. The van der Waals surface area contributed by atoms with Gasteiger partial charge in [0.1, 0.15) is 22.2 Å². The van der Waals surface area contributed by atoms with Gasteiger partial charge in [0.05, 0.1) is 0 Å². The van der Waals surface area contributed by atoms with Crippen molar-refractivity contribution in [2.75, 3.05) is 5.32 Å². The van der Waals surface area contributed by atoms with Crippen LogP contribution >= 0.6 is 11.3 Å². The van der Waals surface area contributed by atoms with E-state index in [1.54, 1.807) is 17.5 Å². The first kappa shape index (κ1) is 16.2. The highest BCUT2D eigenvalue weighted by Crippen LogP contribution is 2.26. The summed E-state index contributed by atoms with van der Waals surface area (Å²) in [5.74, 6) is 2.06. The predicted octanol–water partition coefficient (Wildman–Crippen LogP) is 5.44. The summed E-state index contributed by atoms with van der Waals surface area (Å²) in [5.41, 5.74) is 1.66. The fourth-order valence-electron chi connectivity index (χ4n) is 2.40. The van der Waals surface area contributed by atoms with Crippen molar-refractivity contribution in [2.24, 2.45) is 0 Å². The second-order valence-electron chi connectivity index (χ2n) is 5.61. The number of anilines is 2. The van der Waals surface area contributed by atoms with Crippen LogP contribution in [0.5, 0.6) is 11.5 Å². The Bertz CT molecular complexity index is 1020. The van der Waals surface area contributed by atoms with Crippen LogP contribution in [0, 0.1) is 6.92 Å². The fourth-order valence-corrected chi connectivity index (χ4v) is 3.14. The van der Waals surface area contributed by atoms with E-state index in [9.17, 15) is 0 Å². The molecule has 128 valence electrons. The van der Waals surface area contributed by atoms with Gasteiger partial charge in [-0.15, -0.1) is 11.3 Å². The Hall–Kier alpha value is -3.25. The maximum absolute atomic E-state index is 5.86. The summed E-state index contributed by atoms with van der Waals surface area (Å²) in [6.07, 6.45) is 3.57. The summed E-state index contributed by atoms with van der Waals surface area (Å²) in [6.45, 7) is 2.03. The van der Waals surface area contributed by atoms with Gasteiger partial charge in [-0.1, -0.05) is 24.3 Å². The molecule has 26 heavy (non-hydrogen) atoms. The lowest BCUT2D eigenvalue weighted by molar-refractivity contribution is 0.483. The van der Waals surface area contributed by atoms with Crippen LogP contribution in [0.15, 0.2) is 73.1 Å². The van der Waals surface area contributed by atoms with Crippen molar-refractivity contribution < 1.29 is 4.74 Å². The fraction of sp³-hybridized carbons (Fsp3) is 0.0500. The highest BCUT2D eigenvalue weighted by Gasteiger charge is 2.07. The number of thiazole rings is 1. The largest absolute Gasteiger partial charge is 0.457 e. The molecule has 0 saturated carbocycles. The van der Waals surface area contributed by atoms with Crippen LogP contribution in [0.2, 0.25) is 0 Å². The molecule has 0 aliphatic heterocycles. The predicted molar refractivity (Wildman–Crippen MR) is 104 cm³/mol. The molecule has 0 saturated heterocycles. The van der Waals surface area contributed by atoms with Gasteiger partial charge in [0, 0.05) is 29.0 Å². The second-order valence-corrected chi connectivity index (χ2v) is 6.84. The average molecular weight is 360 g/mol. The van der Waals surface area contributed by atoms with Gasteiger partial charge in [0.15, 0.2) is 0 Å². The highest BCUT2D eigenvalue weighted by atomic mass is 32.1. The molecule has 0 aliphatic carbocycles. The molecule has 0 bridgehead atoms. The third kappa shape index (κ3) is 3.87. The van der Waals surface area contributed by atoms with E-state index >= 15 is 0 Å². The number of hydrogen-bond acceptors (Lipinski definition) is 6. The molecule has 4 rings (SSSR count). The van der Waals surface area contributed by atoms with E-state index in [0.29, 0.717) is 5.95 Å². The number of para-hydroxylation sites is 1. The van der Waals surface area contributed by atoms with E-state index in [4.69, 9.17) is 4.74 Å². The summed E-state index contributed by atoms with van der Waals surface area (Å²) in [6, 6.07) is 19.2. The molecular weight excluding hydrogens is 344 g/mol. The Morgan fingerprint density at radius 3 is 2.58 bits per heavy atom. The van der Waals surface area contributed by atoms with Crippen molar-refractivity contribution >= 4 is 23.0 Å². The summed E-state index contributed by atoms with van der Waals surface area (Å²) in [4.78, 5) is 14.4.